The van der Waals surface area contributed by atoms with Gasteiger partial charge in [-0.15, -0.1) is 0 Å². The monoisotopic (exact) mass is 477 g/mol. The molecule has 33 heavy (non-hydrogen) atoms. The molecule has 5 nitrogen and oxygen atoms in total. The average Bonchev–Trinajstić information content (AvgIpc) is 2.78. The Labute approximate surface area is 202 Å². The summed E-state index contributed by atoms with van der Waals surface area (Å²) in [6.07, 6.45) is 12.3. The summed E-state index contributed by atoms with van der Waals surface area (Å²) >= 11 is 0. The molecule has 186 valence electrons. The quantitative estimate of drug-likeness (QED) is 0.179. The number of para-hydroxylation sites is 2. The van der Waals surface area contributed by atoms with E-state index in [-0.39, 0.29) is 0 Å². The van der Waals surface area contributed by atoms with Gasteiger partial charge in [0.05, 0.1) is 6.61 Å². The molecule has 0 radical (unpaired) electrons. The van der Waals surface area contributed by atoms with E-state index in [2.05, 4.69) is 6.92 Å². The first kappa shape index (κ1) is 29.2. The van der Waals surface area contributed by atoms with E-state index >= 15 is 0 Å². The van der Waals surface area contributed by atoms with Crippen LogP contribution in [0.2, 0.25) is 0 Å². The predicted octanol–water partition coefficient (Wildman–Crippen LogP) is 8.37. The van der Waals surface area contributed by atoms with E-state index in [9.17, 15) is 4.57 Å². The highest BCUT2D eigenvalue weighted by Crippen LogP contribution is 2.49. The second kappa shape index (κ2) is 18.6. The Balaban J connectivity index is 0.00000125. The molecular weight excluding hydrogens is 433 g/mol. The molecule has 2 aromatic carbocycles. The van der Waals surface area contributed by atoms with Gasteiger partial charge in [0.25, 0.3) is 0 Å². The fourth-order valence-corrected chi connectivity index (χ4v) is 4.31. The SMILES string of the molecule is CCCCCCCCCCCCOP(=O)(Oc1ccccc1)Oc1ccccc1.CN(C)C. The van der Waals surface area contributed by atoms with Gasteiger partial charge in [0.1, 0.15) is 11.5 Å². The van der Waals surface area contributed by atoms with Gasteiger partial charge in [-0.2, -0.15) is 0 Å². The Hall–Kier alpha value is -1.81. The Morgan fingerprint density at radius 3 is 1.39 bits per heavy atom. The standard InChI is InChI=1S/C24H35O4P.C3H9N/c1-2-3-4-5-6-7-8-9-10-17-22-26-29(25,27-23-18-13-11-14-19-23)28-24-20-15-12-16-21-24;1-4(2)3/h11-16,18-21H,2-10,17,22H2,1H3;1-3H3. The molecule has 0 aliphatic carbocycles. The number of phosphoric ester groups is 1. The van der Waals surface area contributed by atoms with Crippen molar-refractivity contribution in [3.63, 3.8) is 0 Å². The van der Waals surface area contributed by atoms with Crippen molar-refractivity contribution in [2.24, 2.45) is 0 Å². The van der Waals surface area contributed by atoms with Gasteiger partial charge in [-0.1, -0.05) is 101 Å². The van der Waals surface area contributed by atoms with Crippen molar-refractivity contribution in [1.29, 1.82) is 0 Å². The van der Waals surface area contributed by atoms with Gasteiger partial charge in [-0.25, -0.2) is 4.57 Å². The largest absolute Gasteiger partial charge is 0.587 e. The van der Waals surface area contributed by atoms with Crippen molar-refractivity contribution in [3.05, 3.63) is 60.7 Å². The van der Waals surface area contributed by atoms with Gasteiger partial charge in [0.2, 0.25) is 0 Å². The molecule has 0 N–H and O–H groups in total. The van der Waals surface area contributed by atoms with Crippen molar-refractivity contribution in [2.45, 2.75) is 71.1 Å². The maximum Gasteiger partial charge on any atom is 0.587 e. The number of phosphoric acid groups is 1. The maximum atomic E-state index is 13.1. The number of benzene rings is 2. The van der Waals surface area contributed by atoms with Crippen molar-refractivity contribution >= 4 is 7.82 Å². The Kier molecular flexibility index (Phi) is 16.5. The van der Waals surface area contributed by atoms with E-state index in [0.717, 1.165) is 12.8 Å². The minimum absolute atomic E-state index is 0.355. The van der Waals surface area contributed by atoms with Gasteiger partial charge in [-0.3, -0.25) is 4.52 Å². The third-order valence-electron chi connectivity index (χ3n) is 4.67. The second-order valence-electron chi connectivity index (χ2n) is 8.61. The van der Waals surface area contributed by atoms with Gasteiger partial charge in [-0.05, 0) is 51.8 Å². The molecule has 0 bridgehead atoms. The normalized spacial score (nSPS) is 11.1. The first-order valence-electron chi connectivity index (χ1n) is 12.3. The zero-order valence-electron chi connectivity index (χ0n) is 21.1. The van der Waals surface area contributed by atoms with Crippen LogP contribution in [0.15, 0.2) is 60.7 Å². The lowest BCUT2D eigenvalue weighted by Crippen LogP contribution is -2.06. The molecule has 0 atom stereocenters. The van der Waals surface area contributed by atoms with Crippen LogP contribution in [0.4, 0.5) is 0 Å². The molecule has 0 spiro atoms. The van der Waals surface area contributed by atoms with E-state index in [1.165, 1.54) is 51.4 Å². The van der Waals surface area contributed by atoms with Crippen LogP contribution in [0.1, 0.15) is 71.1 Å². The zero-order chi connectivity index (χ0) is 24.2. The molecule has 6 heteroatoms. The summed E-state index contributed by atoms with van der Waals surface area (Å²) < 4.78 is 30.0. The molecule has 0 aliphatic heterocycles. The average molecular weight is 478 g/mol. The lowest BCUT2D eigenvalue weighted by Gasteiger charge is -2.19. The molecule has 0 aliphatic rings. The summed E-state index contributed by atoms with van der Waals surface area (Å²) in [7, 11) is 2.26. The third-order valence-corrected chi connectivity index (χ3v) is 6.04. The number of nitrogens with zero attached hydrogens (tertiary/aromatic N) is 1. The van der Waals surface area contributed by atoms with Crippen LogP contribution in [0.5, 0.6) is 11.5 Å². The van der Waals surface area contributed by atoms with E-state index < -0.39 is 7.82 Å². The Bertz CT molecular complexity index is 692. The predicted molar refractivity (Wildman–Crippen MR) is 139 cm³/mol. The smallest absolute Gasteiger partial charge is 0.395 e. The molecular formula is C27H44NO4P. The van der Waals surface area contributed by atoms with Crippen LogP contribution in [-0.4, -0.2) is 32.6 Å². The van der Waals surface area contributed by atoms with Crippen LogP contribution >= 0.6 is 7.82 Å². The van der Waals surface area contributed by atoms with Crippen LogP contribution in [0.25, 0.3) is 0 Å². The minimum atomic E-state index is -3.74. The fourth-order valence-electron chi connectivity index (χ4n) is 3.06. The van der Waals surface area contributed by atoms with E-state index in [4.69, 9.17) is 13.6 Å². The summed E-state index contributed by atoms with van der Waals surface area (Å²) in [6.45, 7) is 2.60. The lowest BCUT2D eigenvalue weighted by molar-refractivity contribution is 0.205. The zero-order valence-corrected chi connectivity index (χ0v) is 22.0. The number of hydrogen-bond donors (Lipinski definition) is 0. The number of unbranched alkanes of at least 4 members (excludes halogenated alkanes) is 9. The van der Waals surface area contributed by atoms with Gasteiger partial charge < -0.3 is 13.9 Å². The van der Waals surface area contributed by atoms with Gasteiger partial charge >= 0.3 is 7.82 Å². The molecule has 0 saturated carbocycles. The maximum absolute atomic E-state index is 13.1. The first-order chi connectivity index (χ1) is 15.9. The van der Waals surface area contributed by atoms with Crippen LogP contribution in [0.3, 0.4) is 0 Å². The van der Waals surface area contributed by atoms with E-state index in [1.807, 2.05) is 62.4 Å². The third kappa shape index (κ3) is 16.4. The van der Waals surface area contributed by atoms with E-state index in [1.54, 1.807) is 24.3 Å². The highest BCUT2D eigenvalue weighted by atomic mass is 31.2. The molecule has 0 unspecified atom stereocenters. The van der Waals surface area contributed by atoms with Crippen LogP contribution in [0, 0.1) is 0 Å². The fraction of sp³-hybridized carbons (Fsp3) is 0.556. The highest BCUT2D eigenvalue weighted by molar-refractivity contribution is 7.49. The number of rotatable bonds is 16. The van der Waals surface area contributed by atoms with Crippen molar-refractivity contribution in [2.75, 3.05) is 27.7 Å². The number of hydrogen-bond acceptors (Lipinski definition) is 5. The molecule has 2 aromatic rings. The summed E-state index contributed by atoms with van der Waals surface area (Å²) in [4.78, 5) is 2.00. The Morgan fingerprint density at radius 1 is 0.636 bits per heavy atom. The van der Waals surface area contributed by atoms with Crippen molar-refractivity contribution < 1.29 is 18.1 Å². The minimum Gasteiger partial charge on any atom is -0.395 e. The highest BCUT2D eigenvalue weighted by Gasteiger charge is 2.30. The summed E-state index contributed by atoms with van der Waals surface area (Å²) in [5.41, 5.74) is 0. The molecule has 0 fully saturated rings. The molecule has 0 saturated heterocycles. The summed E-state index contributed by atoms with van der Waals surface area (Å²) in [5.74, 6) is 0.935. The second-order valence-corrected chi connectivity index (χ2v) is 10.1. The van der Waals surface area contributed by atoms with Gasteiger partial charge in [0.15, 0.2) is 0 Å². The topological polar surface area (TPSA) is 48.0 Å². The summed E-state index contributed by atoms with van der Waals surface area (Å²) in [5, 5.41) is 0. The van der Waals surface area contributed by atoms with Crippen LogP contribution in [-0.2, 0) is 9.09 Å². The summed E-state index contributed by atoms with van der Waals surface area (Å²) in [6, 6.07) is 18.0. The van der Waals surface area contributed by atoms with Gasteiger partial charge in [0, 0.05) is 0 Å². The molecule has 0 aromatic heterocycles. The molecule has 0 amide bonds. The van der Waals surface area contributed by atoms with Crippen LogP contribution < -0.4 is 9.05 Å². The molecule has 2 rings (SSSR count). The van der Waals surface area contributed by atoms with Crippen molar-refractivity contribution in [1.82, 2.24) is 4.90 Å². The van der Waals surface area contributed by atoms with Crippen molar-refractivity contribution in [3.8, 4) is 11.5 Å². The molecule has 0 heterocycles. The Morgan fingerprint density at radius 2 is 1.00 bits per heavy atom. The first-order valence-corrected chi connectivity index (χ1v) is 13.8. The van der Waals surface area contributed by atoms with E-state index in [0.29, 0.717) is 18.1 Å². The lowest BCUT2D eigenvalue weighted by atomic mass is 10.1.